The quantitative estimate of drug-likeness (QED) is 0.561. The van der Waals surface area contributed by atoms with Crippen molar-refractivity contribution in [2.75, 3.05) is 44.8 Å². The van der Waals surface area contributed by atoms with Gasteiger partial charge in [0.25, 0.3) is 0 Å². The summed E-state index contributed by atoms with van der Waals surface area (Å²) < 4.78 is 11.9. The molecule has 3 aliphatic rings. The van der Waals surface area contributed by atoms with Crippen LogP contribution < -0.4 is 14.4 Å². The molecule has 6 heteroatoms. The monoisotopic (exact) mass is 420 g/mol. The summed E-state index contributed by atoms with van der Waals surface area (Å²) >= 11 is 0. The molecule has 31 heavy (non-hydrogen) atoms. The first-order valence-corrected chi connectivity index (χ1v) is 11.9. The number of hydrogen-bond acceptors (Lipinski definition) is 5. The number of benzene rings is 1. The van der Waals surface area contributed by atoms with E-state index >= 15 is 0 Å². The Hall–Kier alpha value is -2.47. The number of methoxy groups -OCH3 is 1. The van der Waals surface area contributed by atoms with Gasteiger partial charge in [0.1, 0.15) is 5.82 Å². The number of anilines is 1. The minimum absolute atomic E-state index is 0.368. The van der Waals surface area contributed by atoms with Crippen LogP contribution in [0.3, 0.4) is 0 Å². The van der Waals surface area contributed by atoms with E-state index in [9.17, 15) is 0 Å². The molecule has 164 valence electrons. The second-order valence-electron chi connectivity index (χ2n) is 9.46. The maximum atomic E-state index is 6.17. The van der Waals surface area contributed by atoms with Gasteiger partial charge in [-0.1, -0.05) is 0 Å². The number of likely N-dealkylation sites (tertiary alicyclic amines) is 1. The molecule has 3 fully saturated rings. The van der Waals surface area contributed by atoms with Gasteiger partial charge in [-0.25, -0.2) is 4.98 Å². The summed E-state index contributed by atoms with van der Waals surface area (Å²) in [5.41, 5.74) is 2.59. The molecule has 1 spiro atoms. The summed E-state index contributed by atoms with van der Waals surface area (Å²) in [6, 6.07) is 6.31. The lowest BCUT2D eigenvalue weighted by atomic mass is 10.1. The molecule has 2 saturated heterocycles. The number of pyridine rings is 1. The van der Waals surface area contributed by atoms with Crippen LogP contribution in [0.5, 0.6) is 11.5 Å². The Morgan fingerprint density at radius 2 is 1.90 bits per heavy atom. The van der Waals surface area contributed by atoms with Crippen LogP contribution in [0, 0.1) is 0 Å². The standard InChI is InChI=1S/C25H32N4O2/c1-30-21-16-18-20(17-22(21)31-15-5-13-28-11-2-3-12-28)27-19-6-10-26-24(23(18)19)29-14-4-7-25(29)8-9-25/h6,10,16-17,27H,2-5,7-9,11-15H2,1H3. The van der Waals surface area contributed by atoms with Crippen molar-refractivity contribution < 1.29 is 9.47 Å². The van der Waals surface area contributed by atoms with Gasteiger partial charge < -0.3 is 24.3 Å². The van der Waals surface area contributed by atoms with Gasteiger partial charge in [0.15, 0.2) is 11.5 Å². The Kier molecular flexibility index (Phi) is 4.71. The van der Waals surface area contributed by atoms with Crippen molar-refractivity contribution in [2.24, 2.45) is 0 Å². The lowest BCUT2D eigenvalue weighted by Gasteiger charge is -2.26. The van der Waals surface area contributed by atoms with E-state index in [0.717, 1.165) is 47.9 Å². The predicted molar refractivity (Wildman–Crippen MR) is 124 cm³/mol. The van der Waals surface area contributed by atoms with Crippen molar-refractivity contribution in [3.63, 3.8) is 0 Å². The molecule has 0 unspecified atom stereocenters. The fraction of sp³-hybridized carbons (Fsp3) is 0.560. The molecule has 3 aromatic rings. The smallest absolute Gasteiger partial charge is 0.163 e. The van der Waals surface area contributed by atoms with E-state index in [2.05, 4.69) is 33.0 Å². The topological polar surface area (TPSA) is 53.6 Å². The third-order valence-corrected chi connectivity index (χ3v) is 7.53. The summed E-state index contributed by atoms with van der Waals surface area (Å²) in [4.78, 5) is 13.6. The number of rotatable bonds is 7. The van der Waals surface area contributed by atoms with Crippen LogP contribution in [0.15, 0.2) is 24.4 Å². The van der Waals surface area contributed by atoms with E-state index in [1.807, 2.05) is 6.20 Å². The molecule has 1 saturated carbocycles. The van der Waals surface area contributed by atoms with Gasteiger partial charge in [-0.2, -0.15) is 0 Å². The lowest BCUT2D eigenvalue weighted by molar-refractivity contribution is 0.254. The average Bonchev–Trinajstić information content (AvgIpc) is 3.12. The third kappa shape index (κ3) is 3.32. The van der Waals surface area contributed by atoms with Crippen molar-refractivity contribution >= 4 is 27.6 Å². The predicted octanol–water partition coefficient (Wildman–Crippen LogP) is 4.72. The van der Waals surface area contributed by atoms with Gasteiger partial charge in [-0.3, -0.25) is 0 Å². The number of hydrogen-bond donors (Lipinski definition) is 1. The van der Waals surface area contributed by atoms with E-state index in [0.29, 0.717) is 12.1 Å². The molecule has 0 radical (unpaired) electrons. The Morgan fingerprint density at radius 1 is 1.03 bits per heavy atom. The van der Waals surface area contributed by atoms with Crippen molar-refractivity contribution in [1.82, 2.24) is 14.9 Å². The highest BCUT2D eigenvalue weighted by Crippen LogP contribution is 2.52. The number of nitrogens with one attached hydrogen (secondary N) is 1. The van der Waals surface area contributed by atoms with E-state index in [1.54, 1.807) is 7.11 Å². The van der Waals surface area contributed by atoms with Gasteiger partial charge >= 0.3 is 0 Å². The summed E-state index contributed by atoms with van der Waals surface area (Å²) in [6.45, 7) is 5.40. The maximum absolute atomic E-state index is 6.17. The number of H-pyrrole nitrogens is 1. The summed E-state index contributed by atoms with van der Waals surface area (Å²) in [6.07, 6.45) is 10.8. The highest BCUT2D eigenvalue weighted by atomic mass is 16.5. The molecule has 0 amide bonds. The van der Waals surface area contributed by atoms with Gasteiger partial charge in [-0.15, -0.1) is 0 Å². The van der Waals surface area contributed by atoms with Crippen molar-refractivity contribution in [3.8, 4) is 11.5 Å². The van der Waals surface area contributed by atoms with Crippen LogP contribution in [0.2, 0.25) is 0 Å². The number of aromatic nitrogens is 2. The molecule has 1 N–H and O–H groups in total. The molecule has 2 aliphatic heterocycles. The van der Waals surface area contributed by atoms with E-state index in [4.69, 9.17) is 14.5 Å². The minimum Gasteiger partial charge on any atom is -0.493 e. The molecule has 0 atom stereocenters. The van der Waals surface area contributed by atoms with Gasteiger partial charge in [0, 0.05) is 36.3 Å². The number of ether oxygens (including phenoxy) is 2. The number of aromatic amines is 1. The SMILES string of the molecule is COc1cc2c(cc1OCCCN1CCCC1)[nH]c1ccnc(N3CCCC34CC4)c12. The van der Waals surface area contributed by atoms with Gasteiger partial charge in [0.05, 0.1) is 30.1 Å². The Morgan fingerprint density at radius 3 is 2.71 bits per heavy atom. The highest BCUT2D eigenvalue weighted by Gasteiger charge is 2.51. The van der Waals surface area contributed by atoms with Crippen LogP contribution in [-0.4, -0.2) is 60.3 Å². The van der Waals surface area contributed by atoms with Crippen LogP contribution in [0.4, 0.5) is 5.82 Å². The average molecular weight is 421 g/mol. The zero-order valence-corrected chi connectivity index (χ0v) is 18.5. The molecule has 4 heterocycles. The van der Waals surface area contributed by atoms with Crippen LogP contribution in [0.1, 0.15) is 44.9 Å². The third-order valence-electron chi connectivity index (χ3n) is 7.53. The van der Waals surface area contributed by atoms with Crippen molar-refractivity contribution in [1.29, 1.82) is 0 Å². The van der Waals surface area contributed by atoms with E-state index in [1.165, 1.54) is 62.4 Å². The van der Waals surface area contributed by atoms with Gasteiger partial charge in [0.2, 0.25) is 0 Å². The molecule has 0 bridgehead atoms. The van der Waals surface area contributed by atoms with Crippen LogP contribution in [-0.2, 0) is 0 Å². The lowest BCUT2D eigenvalue weighted by Crippen LogP contribution is -2.31. The Balaban J connectivity index is 1.31. The number of nitrogens with zero attached hydrogens (tertiary/aromatic N) is 3. The van der Waals surface area contributed by atoms with Crippen molar-refractivity contribution in [2.45, 2.75) is 50.5 Å². The second-order valence-corrected chi connectivity index (χ2v) is 9.46. The fourth-order valence-electron chi connectivity index (χ4n) is 5.72. The highest BCUT2D eigenvalue weighted by molar-refractivity contribution is 6.13. The first kappa shape index (κ1) is 19.2. The largest absolute Gasteiger partial charge is 0.493 e. The molecule has 2 aromatic heterocycles. The second kappa shape index (κ2) is 7.59. The summed E-state index contributed by atoms with van der Waals surface area (Å²) in [5.74, 6) is 2.74. The zero-order chi connectivity index (χ0) is 20.8. The first-order chi connectivity index (χ1) is 15.3. The van der Waals surface area contributed by atoms with Crippen molar-refractivity contribution in [3.05, 3.63) is 24.4 Å². The fourth-order valence-corrected chi connectivity index (χ4v) is 5.72. The zero-order valence-electron chi connectivity index (χ0n) is 18.5. The number of fused-ring (bicyclic) bond motifs is 3. The molecule has 6 rings (SSSR count). The summed E-state index contributed by atoms with van der Waals surface area (Å²) in [5, 5.41) is 2.38. The molecular formula is C25H32N4O2. The normalized spacial score (nSPS) is 20.4. The molecular weight excluding hydrogens is 388 g/mol. The van der Waals surface area contributed by atoms with E-state index < -0.39 is 0 Å². The molecule has 6 nitrogen and oxygen atoms in total. The van der Waals surface area contributed by atoms with Gasteiger partial charge in [-0.05, 0) is 70.2 Å². The molecule has 1 aromatic carbocycles. The molecule has 1 aliphatic carbocycles. The maximum Gasteiger partial charge on any atom is 0.163 e. The van der Waals surface area contributed by atoms with Crippen LogP contribution in [0.25, 0.3) is 21.8 Å². The minimum atomic E-state index is 0.368. The Bertz CT molecular complexity index is 1100. The first-order valence-electron chi connectivity index (χ1n) is 11.9. The van der Waals surface area contributed by atoms with Crippen LogP contribution >= 0.6 is 0 Å². The Labute approximate surface area is 183 Å². The van der Waals surface area contributed by atoms with E-state index in [-0.39, 0.29) is 0 Å². The summed E-state index contributed by atoms with van der Waals surface area (Å²) in [7, 11) is 1.73.